The number of likely N-dealkylation sites (tertiary alicyclic amines) is 1. The first-order valence-electron chi connectivity index (χ1n) is 5.34. The highest BCUT2D eigenvalue weighted by atomic mass is 16.6. The van der Waals surface area contributed by atoms with Gasteiger partial charge in [0.1, 0.15) is 0 Å². The molecule has 2 unspecified atom stereocenters. The predicted octanol–water partition coefficient (Wildman–Crippen LogP) is 1.20. The van der Waals surface area contributed by atoms with Crippen molar-refractivity contribution in [3.05, 3.63) is 0 Å². The standard InChI is InChI=1S/C10H20N2O2/c1-3-14-10(13)12-6-4-5-8(2)9(12)7-11/h8-9H,3-7,11H2,1-2H3. The molecule has 0 saturated carbocycles. The summed E-state index contributed by atoms with van der Waals surface area (Å²) in [6.07, 6.45) is 1.99. The fourth-order valence-electron chi connectivity index (χ4n) is 2.04. The molecule has 1 aliphatic heterocycles. The smallest absolute Gasteiger partial charge is 0.410 e. The maximum atomic E-state index is 11.6. The summed E-state index contributed by atoms with van der Waals surface area (Å²) in [4.78, 5) is 13.3. The van der Waals surface area contributed by atoms with Crippen molar-refractivity contribution in [3.63, 3.8) is 0 Å². The van der Waals surface area contributed by atoms with Crippen LogP contribution in [0.3, 0.4) is 0 Å². The molecule has 0 aromatic carbocycles. The average Bonchev–Trinajstić information content (AvgIpc) is 2.17. The van der Waals surface area contributed by atoms with E-state index in [9.17, 15) is 4.79 Å². The van der Waals surface area contributed by atoms with Crippen LogP contribution < -0.4 is 5.73 Å². The van der Waals surface area contributed by atoms with Gasteiger partial charge in [-0.3, -0.25) is 0 Å². The summed E-state index contributed by atoms with van der Waals surface area (Å²) in [5, 5.41) is 0. The van der Waals surface area contributed by atoms with Gasteiger partial charge in [0.2, 0.25) is 0 Å². The predicted molar refractivity (Wildman–Crippen MR) is 55.0 cm³/mol. The van der Waals surface area contributed by atoms with Gasteiger partial charge < -0.3 is 15.4 Å². The summed E-state index contributed by atoms with van der Waals surface area (Å²) < 4.78 is 4.99. The lowest BCUT2D eigenvalue weighted by atomic mass is 9.91. The van der Waals surface area contributed by atoms with E-state index in [2.05, 4.69) is 6.92 Å². The fraction of sp³-hybridized carbons (Fsp3) is 0.900. The Balaban J connectivity index is 2.59. The summed E-state index contributed by atoms with van der Waals surface area (Å²) in [5.41, 5.74) is 5.67. The number of carbonyl (C=O) groups excluding carboxylic acids is 1. The molecule has 1 heterocycles. The Morgan fingerprint density at radius 3 is 2.93 bits per heavy atom. The minimum absolute atomic E-state index is 0.155. The fourth-order valence-corrected chi connectivity index (χ4v) is 2.04. The lowest BCUT2D eigenvalue weighted by Crippen LogP contribution is -2.51. The largest absolute Gasteiger partial charge is 0.450 e. The minimum Gasteiger partial charge on any atom is -0.450 e. The summed E-state index contributed by atoms with van der Waals surface area (Å²) in [6.45, 7) is 5.71. The number of carbonyl (C=O) groups is 1. The first-order chi connectivity index (χ1) is 6.70. The number of hydrogen-bond acceptors (Lipinski definition) is 3. The van der Waals surface area contributed by atoms with Crippen LogP contribution in [0.1, 0.15) is 26.7 Å². The molecule has 0 bridgehead atoms. The van der Waals surface area contributed by atoms with Crippen molar-refractivity contribution in [1.29, 1.82) is 0 Å². The number of rotatable bonds is 2. The van der Waals surface area contributed by atoms with Crippen LogP contribution in [0.5, 0.6) is 0 Å². The van der Waals surface area contributed by atoms with Gasteiger partial charge in [0.15, 0.2) is 0 Å². The van der Waals surface area contributed by atoms with E-state index < -0.39 is 0 Å². The molecule has 0 aliphatic carbocycles. The molecule has 82 valence electrons. The van der Waals surface area contributed by atoms with Crippen molar-refractivity contribution in [2.45, 2.75) is 32.7 Å². The van der Waals surface area contributed by atoms with Crippen molar-refractivity contribution in [2.75, 3.05) is 19.7 Å². The van der Waals surface area contributed by atoms with Crippen molar-refractivity contribution in [3.8, 4) is 0 Å². The number of nitrogens with two attached hydrogens (primary N) is 1. The van der Waals surface area contributed by atoms with Crippen LogP contribution in [0.2, 0.25) is 0 Å². The highest BCUT2D eigenvalue weighted by molar-refractivity contribution is 5.68. The third kappa shape index (κ3) is 2.38. The summed E-state index contributed by atoms with van der Waals surface area (Å²) in [5.74, 6) is 0.484. The zero-order valence-corrected chi connectivity index (χ0v) is 9.03. The highest BCUT2D eigenvalue weighted by Gasteiger charge is 2.31. The Hall–Kier alpha value is -0.770. The van der Waals surface area contributed by atoms with Crippen LogP contribution in [-0.4, -0.2) is 36.7 Å². The van der Waals surface area contributed by atoms with E-state index in [-0.39, 0.29) is 12.1 Å². The van der Waals surface area contributed by atoms with Gasteiger partial charge in [0, 0.05) is 19.1 Å². The van der Waals surface area contributed by atoms with Crippen LogP contribution in [0.15, 0.2) is 0 Å². The molecule has 1 rings (SSSR count). The molecule has 4 heteroatoms. The Morgan fingerprint density at radius 1 is 1.64 bits per heavy atom. The zero-order chi connectivity index (χ0) is 10.6. The first kappa shape index (κ1) is 11.3. The normalized spacial score (nSPS) is 27.5. The molecular formula is C10H20N2O2. The van der Waals surface area contributed by atoms with E-state index in [0.29, 0.717) is 19.1 Å². The average molecular weight is 200 g/mol. The van der Waals surface area contributed by atoms with Gasteiger partial charge in [0.25, 0.3) is 0 Å². The molecule has 2 atom stereocenters. The molecular weight excluding hydrogens is 180 g/mol. The molecule has 0 spiro atoms. The molecule has 1 fully saturated rings. The zero-order valence-electron chi connectivity index (χ0n) is 9.03. The van der Waals surface area contributed by atoms with Gasteiger partial charge in [-0.15, -0.1) is 0 Å². The number of hydrogen-bond donors (Lipinski definition) is 1. The second-order valence-electron chi connectivity index (χ2n) is 3.81. The monoisotopic (exact) mass is 200 g/mol. The van der Waals surface area contributed by atoms with Crippen molar-refractivity contribution in [2.24, 2.45) is 11.7 Å². The molecule has 0 aromatic rings. The Bertz CT molecular complexity index is 197. The lowest BCUT2D eigenvalue weighted by Gasteiger charge is -2.38. The molecule has 1 amide bonds. The van der Waals surface area contributed by atoms with Gasteiger partial charge in [-0.1, -0.05) is 6.92 Å². The van der Waals surface area contributed by atoms with Crippen molar-refractivity contribution in [1.82, 2.24) is 4.90 Å². The van der Waals surface area contributed by atoms with E-state index in [0.717, 1.165) is 19.4 Å². The third-order valence-electron chi connectivity index (χ3n) is 2.86. The molecule has 4 nitrogen and oxygen atoms in total. The van der Waals surface area contributed by atoms with Gasteiger partial charge in [-0.2, -0.15) is 0 Å². The van der Waals surface area contributed by atoms with Crippen LogP contribution in [-0.2, 0) is 4.74 Å². The molecule has 1 aliphatic rings. The van der Waals surface area contributed by atoms with Crippen molar-refractivity contribution < 1.29 is 9.53 Å². The topological polar surface area (TPSA) is 55.6 Å². The molecule has 1 saturated heterocycles. The summed E-state index contributed by atoms with van der Waals surface area (Å²) >= 11 is 0. The molecule has 2 N–H and O–H groups in total. The van der Waals surface area contributed by atoms with Crippen LogP contribution >= 0.6 is 0 Å². The van der Waals surface area contributed by atoms with Crippen LogP contribution in [0.25, 0.3) is 0 Å². The van der Waals surface area contributed by atoms with Crippen LogP contribution in [0.4, 0.5) is 4.79 Å². The number of amides is 1. The highest BCUT2D eigenvalue weighted by Crippen LogP contribution is 2.22. The first-order valence-corrected chi connectivity index (χ1v) is 5.34. The summed E-state index contributed by atoms with van der Waals surface area (Å²) in [6, 6.07) is 0.155. The number of nitrogens with zero attached hydrogens (tertiary/aromatic N) is 1. The maximum absolute atomic E-state index is 11.6. The molecule has 0 radical (unpaired) electrons. The third-order valence-corrected chi connectivity index (χ3v) is 2.86. The van der Waals surface area contributed by atoms with E-state index in [1.165, 1.54) is 0 Å². The Morgan fingerprint density at radius 2 is 2.36 bits per heavy atom. The Labute approximate surface area is 85.4 Å². The second-order valence-corrected chi connectivity index (χ2v) is 3.81. The van der Waals surface area contributed by atoms with E-state index in [1.54, 1.807) is 4.90 Å². The van der Waals surface area contributed by atoms with Crippen molar-refractivity contribution >= 4 is 6.09 Å². The maximum Gasteiger partial charge on any atom is 0.410 e. The van der Waals surface area contributed by atoms with Gasteiger partial charge in [-0.25, -0.2) is 4.79 Å². The number of ether oxygens (including phenoxy) is 1. The van der Waals surface area contributed by atoms with E-state index in [1.807, 2.05) is 6.92 Å². The molecule has 14 heavy (non-hydrogen) atoms. The van der Waals surface area contributed by atoms with Gasteiger partial charge >= 0.3 is 6.09 Å². The van der Waals surface area contributed by atoms with Gasteiger partial charge in [-0.05, 0) is 25.7 Å². The Kier molecular flexibility index (Phi) is 4.20. The second kappa shape index (κ2) is 5.20. The minimum atomic E-state index is -0.213. The SMILES string of the molecule is CCOC(=O)N1CCCC(C)C1CN. The number of piperidine rings is 1. The lowest BCUT2D eigenvalue weighted by molar-refractivity contribution is 0.0619. The van der Waals surface area contributed by atoms with E-state index in [4.69, 9.17) is 10.5 Å². The molecule has 0 aromatic heterocycles. The quantitative estimate of drug-likeness (QED) is 0.728. The van der Waals surface area contributed by atoms with Gasteiger partial charge in [0.05, 0.1) is 6.61 Å². The van der Waals surface area contributed by atoms with Crippen LogP contribution in [0, 0.1) is 5.92 Å². The summed E-state index contributed by atoms with van der Waals surface area (Å²) in [7, 11) is 0. The van der Waals surface area contributed by atoms with E-state index >= 15 is 0 Å².